The molecule has 0 aliphatic heterocycles. The molecule has 0 aromatic heterocycles. The van der Waals surface area contributed by atoms with Crippen molar-refractivity contribution >= 4 is 8.32 Å². The third-order valence-corrected chi connectivity index (χ3v) is 13.1. The van der Waals surface area contributed by atoms with E-state index in [0.29, 0.717) is 28.5 Å². The molecule has 142 valence electrons. The molecule has 0 unspecified atom stereocenters. The molecule has 1 nitrogen and oxygen atoms in total. The van der Waals surface area contributed by atoms with Crippen LogP contribution in [-0.4, -0.2) is 8.32 Å². The van der Waals surface area contributed by atoms with Crippen molar-refractivity contribution in [2.75, 3.05) is 0 Å². The molecule has 3 atom stereocenters. The summed E-state index contributed by atoms with van der Waals surface area (Å²) >= 11 is 0. The van der Waals surface area contributed by atoms with Crippen LogP contribution in [0.5, 0.6) is 0 Å². The van der Waals surface area contributed by atoms with Crippen molar-refractivity contribution in [3.8, 4) is 0 Å². The van der Waals surface area contributed by atoms with E-state index in [2.05, 4.69) is 97.0 Å². The molecule has 2 aliphatic rings. The lowest BCUT2D eigenvalue weighted by atomic mass is 9.72. The van der Waals surface area contributed by atoms with E-state index in [-0.39, 0.29) is 5.41 Å². The van der Waals surface area contributed by atoms with Crippen molar-refractivity contribution in [3.63, 3.8) is 0 Å². The van der Waals surface area contributed by atoms with Crippen LogP contribution in [0.4, 0.5) is 0 Å². The minimum Gasteiger partial charge on any atom is -0.546 e. The van der Waals surface area contributed by atoms with Crippen molar-refractivity contribution in [3.05, 3.63) is 59.9 Å². The molecule has 1 aromatic carbocycles. The second-order valence-corrected chi connectivity index (χ2v) is 14.8. The highest BCUT2D eigenvalue weighted by Gasteiger charge is 2.53. The van der Waals surface area contributed by atoms with Gasteiger partial charge in [-0.05, 0) is 34.7 Å². The van der Waals surface area contributed by atoms with Crippen LogP contribution in [0.2, 0.25) is 16.6 Å². The fourth-order valence-electron chi connectivity index (χ4n) is 5.81. The van der Waals surface area contributed by atoms with Crippen LogP contribution in [0.15, 0.2) is 54.3 Å². The smallest absolute Gasteiger partial charge is 0.258 e. The Hall–Kier alpha value is -1.28. The third kappa shape index (κ3) is 2.91. The lowest BCUT2D eigenvalue weighted by molar-refractivity contribution is 0.243. The molecule has 0 spiro atoms. The van der Waals surface area contributed by atoms with Gasteiger partial charge in [0.1, 0.15) is 0 Å². The van der Waals surface area contributed by atoms with Crippen LogP contribution in [-0.2, 0) is 4.43 Å². The molecule has 0 heterocycles. The highest BCUT2D eigenvalue weighted by atomic mass is 28.4. The molecule has 0 radical (unpaired) electrons. The minimum absolute atomic E-state index is 0.155. The van der Waals surface area contributed by atoms with E-state index >= 15 is 0 Å². The van der Waals surface area contributed by atoms with Gasteiger partial charge in [0, 0.05) is 17.3 Å². The largest absolute Gasteiger partial charge is 0.546 e. The lowest BCUT2D eigenvalue weighted by Crippen LogP contribution is -2.48. The molecule has 0 saturated carbocycles. The van der Waals surface area contributed by atoms with Gasteiger partial charge < -0.3 is 4.43 Å². The number of hydrogen-bond acceptors (Lipinski definition) is 1. The van der Waals surface area contributed by atoms with Crippen LogP contribution in [0.3, 0.4) is 0 Å². The highest BCUT2D eigenvalue weighted by molar-refractivity contribution is 6.77. The minimum atomic E-state index is -1.91. The Labute approximate surface area is 161 Å². The summed E-state index contributed by atoms with van der Waals surface area (Å²) < 4.78 is 7.17. The molecule has 26 heavy (non-hydrogen) atoms. The summed E-state index contributed by atoms with van der Waals surface area (Å²) in [4.78, 5) is 0. The quantitative estimate of drug-likeness (QED) is 0.374. The van der Waals surface area contributed by atoms with E-state index in [0.717, 1.165) is 6.42 Å². The second-order valence-electron chi connectivity index (χ2n) is 9.43. The summed E-state index contributed by atoms with van der Waals surface area (Å²) in [5.41, 5.74) is 3.40. The van der Waals surface area contributed by atoms with E-state index < -0.39 is 8.32 Å². The van der Waals surface area contributed by atoms with E-state index in [9.17, 15) is 0 Å². The standard InChI is InChI=1S/C24H36OSi/c1-17(2)26(18(3)4,19(5)6)25-23-16-22(20-12-9-8-10-13-20)24(7)15-11-14-21(23)24/h8-13,15-19,21-22H,14H2,1-7H3/t21-,22-,24-/m0/s1. The van der Waals surface area contributed by atoms with Crippen molar-refractivity contribution in [2.24, 2.45) is 11.3 Å². The first-order valence-corrected chi connectivity index (χ1v) is 12.5. The second kappa shape index (κ2) is 7.03. The Bertz CT molecular complexity index is 664. The summed E-state index contributed by atoms with van der Waals surface area (Å²) in [6.07, 6.45) is 8.41. The average Bonchev–Trinajstić information content (AvgIpc) is 3.08. The molecule has 3 rings (SSSR count). The SMILES string of the molecule is CC(C)[Si](OC1=C[C@@H](c2ccccc2)[C@@]2(C)C=CC[C@@H]12)(C(C)C)C(C)C. The summed E-state index contributed by atoms with van der Waals surface area (Å²) in [7, 11) is -1.91. The summed E-state index contributed by atoms with van der Waals surface area (Å²) in [6, 6.07) is 11.0. The van der Waals surface area contributed by atoms with Gasteiger partial charge in [0.25, 0.3) is 8.32 Å². The normalized spacial score (nSPS) is 28.2. The van der Waals surface area contributed by atoms with E-state index in [1.807, 2.05) is 0 Å². The molecular formula is C24H36OSi. The van der Waals surface area contributed by atoms with Gasteiger partial charge in [-0.2, -0.15) is 0 Å². The van der Waals surface area contributed by atoms with Crippen molar-refractivity contribution in [1.29, 1.82) is 0 Å². The number of allylic oxidation sites excluding steroid dienone is 4. The first-order valence-electron chi connectivity index (χ1n) is 10.4. The van der Waals surface area contributed by atoms with Gasteiger partial charge in [-0.25, -0.2) is 0 Å². The summed E-state index contributed by atoms with van der Waals surface area (Å²) in [5.74, 6) is 2.20. The number of benzene rings is 1. The molecule has 0 fully saturated rings. The van der Waals surface area contributed by atoms with Crippen molar-refractivity contribution in [2.45, 2.75) is 77.4 Å². The maximum absolute atomic E-state index is 7.17. The van der Waals surface area contributed by atoms with Gasteiger partial charge in [-0.1, -0.05) is 91.0 Å². The van der Waals surface area contributed by atoms with Crippen LogP contribution in [0.25, 0.3) is 0 Å². The van der Waals surface area contributed by atoms with Gasteiger partial charge in [0.15, 0.2) is 0 Å². The lowest BCUT2D eigenvalue weighted by Gasteiger charge is -2.44. The molecule has 2 heteroatoms. The number of fused-ring (bicyclic) bond motifs is 1. The van der Waals surface area contributed by atoms with Crippen molar-refractivity contribution < 1.29 is 4.43 Å². The Morgan fingerprint density at radius 1 is 0.962 bits per heavy atom. The van der Waals surface area contributed by atoms with E-state index in [1.54, 1.807) is 0 Å². The Balaban J connectivity index is 2.02. The van der Waals surface area contributed by atoms with Gasteiger partial charge >= 0.3 is 0 Å². The van der Waals surface area contributed by atoms with Crippen LogP contribution < -0.4 is 0 Å². The van der Waals surface area contributed by atoms with Gasteiger partial charge in [0.05, 0.1) is 5.76 Å². The molecule has 2 aliphatic carbocycles. The average molecular weight is 369 g/mol. The first kappa shape index (κ1) is 19.5. The Kier molecular flexibility index (Phi) is 5.27. The Morgan fingerprint density at radius 2 is 1.54 bits per heavy atom. The number of rotatable bonds is 6. The zero-order chi connectivity index (χ0) is 19.1. The van der Waals surface area contributed by atoms with Gasteiger partial charge in [-0.3, -0.25) is 0 Å². The van der Waals surface area contributed by atoms with Crippen LogP contribution in [0.1, 0.15) is 66.4 Å². The highest BCUT2D eigenvalue weighted by Crippen LogP contribution is 2.59. The fraction of sp³-hybridized carbons (Fsp3) is 0.583. The molecular weight excluding hydrogens is 332 g/mol. The predicted molar refractivity (Wildman–Crippen MR) is 115 cm³/mol. The van der Waals surface area contributed by atoms with Crippen LogP contribution >= 0.6 is 0 Å². The molecule has 0 bridgehead atoms. The van der Waals surface area contributed by atoms with E-state index in [4.69, 9.17) is 4.43 Å². The van der Waals surface area contributed by atoms with Crippen LogP contribution in [0, 0.1) is 11.3 Å². The summed E-state index contributed by atoms with van der Waals surface area (Å²) in [6.45, 7) is 16.7. The maximum atomic E-state index is 7.17. The topological polar surface area (TPSA) is 9.23 Å². The Morgan fingerprint density at radius 3 is 2.08 bits per heavy atom. The maximum Gasteiger partial charge on any atom is 0.258 e. The van der Waals surface area contributed by atoms with Gasteiger partial charge in [-0.15, -0.1) is 0 Å². The number of hydrogen-bond donors (Lipinski definition) is 0. The molecule has 0 saturated heterocycles. The van der Waals surface area contributed by atoms with Crippen molar-refractivity contribution in [1.82, 2.24) is 0 Å². The van der Waals surface area contributed by atoms with E-state index in [1.165, 1.54) is 11.3 Å². The monoisotopic (exact) mass is 368 g/mol. The molecule has 1 aromatic rings. The van der Waals surface area contributed by atoms with Gasteiger partial charge in [0.2, 0.25) is 0 Å². The first-order chi connectivity index (χ1) is 12.2. The summed E-state index contributed by atoms with van der Waals surface area (Å²) in [5, 5.41) is 0. The fourth-order valence-corrected chi connectivity index (χ4v) is 11.1. The molecule has 0 N–H and O–H groups in total. The predicted octanol–water partition coefficient (Wildman–Crippen LogP) is 7.44. The zero-order valence-electron chi connectivity index (χ0n) is 17.6. The molecule has 0 amide bonds. The zero-order valence-corrected chi connectivity index (χ0v) is 18.6. The third-order valence-electron chi connectivity index (χ3n) is 7.10.